The highest BCUT2D eigenvalue weighted by Gasteiger charge is 2.53. The summed E-state index contributed by atoms with van der Waals surface area (Å²) in [7, 11) is -0.813. The number of rotatable bonds is 16. The van der Waals surface area contributed by atoms with Crippen LogP contribution in [0, 0.1) is 5.41 Å². The minimum Gasteiger partial charge on any atom is -0.494 e. The van der Waals surface area contributed by atoms with E-state index in [1.807, 2.05) is 36.4 Å². The van der Waals surface area contributed by atoms with E-state index in [1.165, 1.54) is 5.56 Å². The topological polar surface area (TPSA) is 71.1 Å². The third-order valence-electron chi connectivity index (χ3n) is 17.1. The number of hydrogen-bond donors (Lipinski definition) is 0. The SMILES string of the molecule is Brc1ccc(N(c2ccc(Br)cc2)c2ccc(Br)cc2)cc1.CC(C)(C)c1ccc(Br)cc1.CCC1(COc2ccc(Br)cc2)COC1.CCCCOc1ccc(N(c2ccc(B3OC(C)(C)C(C)(C)O3)cc2)c2ccc(B3OC(C)(C)C(C)(C)O3)cc2)cc1. The molecule has 474 valence electrons. The summed E-state index contributed by atoms with van der Waals surface area (Å²) < 4.78 is 47.5. The summed E-state index contributed by atoms with van der Waals surface area (Å²) in [5.74, 6) is 1.80. The Morgan fingerprint density at radius 3 is 0.967 bits per heavy atom. The zero-order chi connectivity index (χ0) is 65.1. The molecule has 0 unspecified atom stereocenters. The predicted molar refractivity (Wildman–Crippen MR) is 393 cm³/mol. The van der Waals surface area contributed by atoms with Gasteiger partial charge < -0.3 is 42.6 Å². The lowest BCUT2D eigenvalue weighted by atomic mass is 9.79. The normalized spacial score (nSPS) is 16.4. The molecular formula is C74H85B2Br5N2O7. The van der Waals surface area contributed by atoms with Crippen molar-refractivity contribution in [2.24, 2.45) is 5.41 Å². The van der Waals surface area contributed by atoms with Crippen molar-refractivity contribution in [1.82, 2.24) is 0 Å². The lowest BCUT2D eigenvalue weighted by Gasteiger charge is -2.40. The molecule has 0 bridgehead atoms. The largest absolute Gasteiger partial charge is 0.494 e. The first-order chi connectivity index (χ1) is 42.6. The van der Waals surface area contributed by atoms with E-state index in [1.54, 1.807) is 0 Å². The van der Waals surface area contributed by atoms with Crippen molar-refractivity contribution in [1.29, 1.82) is 0 Å². The number of nitrogens with zero attached hydrogens (tertiary/aromatic N) is 2. The number of benzene rings is 8. The second-order valence-electron chi connectivity index (χ2n) is 26.0. The van der Waals surface area contributed by atoms with Gasteiger partial charge in [-0.3, -0.25) is 0 Å². The summed E-state index contributed by atoms with van der Waals surface area (Å²) in [5, 5.41) is 0. The van der Waals surface area contributed by atoms with Crippen LogP contribution < -0.4 is 30.2 Å². The highest BCUT2D eigenvalue weighted by atomic mass is 79.9. The summed E-state index contributed by atoms with van der Waals surface area (Å²) >= 11 is 17.3. The number of anilines is 6. The molecule has 0 radical (unpaired) electrons. The number of unbranched alkanes of at least 4 members (excludes halogenated alkanes) is 1. The van der Waals surface area contributed by atoms with Crippen LogP contribution in [0.5, 0.6) is 11.5 Å². The Labute approximate surface area is 579 Å². The van der Waals surface area contributed by atoms with Crippen molar-refractivity contribution in [3.8, 4) is 11.5 Å². The van der Waals surface area contributed by atoms with E-state index in [-0.39, 0.29) is 33.2 Å². The maximum absolute atomic E-state index is 6.29. The van der Waals surface area contributed by atoms with Gasteiger partial charge in [-0.1, -0.05) is 157 Å². The van der Waals surface area contributed by atoms with Gasteiger partial charge in [0.1, 0.15) is 11.5 Å². The maximum atomic E-state index is 6.29. The third kappa shape index (κ3) is 18.8. The predicted octanol–water partition coefficient (Wildman–Crippen LogP) is 21.4. The van der Waals surface area contributed by atoms with Gasteiger partial charge >= 0.3 is 14.2 Å². The number of hydrogen-bond acceptors (Lipinski definition) is 9. The van der Waals surface area contributed by atoms with Crippen LogP contribution in [0.2, 0.25) is 0 Å². The first kappa shape index (κ1) is 71.1. The van der Waals surface area contributed by atoms with Gasteiger partial charge in [-0.15, -0.1) is 0 Å². The Kier molecular flexibility index (Phi) is 24.5. The first-order valence-electron chi connectivity index (χ1n) is 30.8. The van der Waals surface area contributed by atoms with Crippen molar-refractivity contribution >= 4 is 139 Å². The monoisotopic (exact) mass is 1530 g/mol. The van der Waals surface area contributed by atoms with Crippen molar-refractivity contribution in [3.63, 3.8) is 0 Å². The van der Waals surface area contributed by atoms with Crippen molar-refractivity contribution in [3.05, 3.63) is 222 Å². The lowest BCUT2D eigenvalue weighted by Crippen LogP contribution is -2.46. The molecule has 0 atom stereocenters. The van der Waals surface area contributed by atoms with E-state index < -0.39 is 14.2 Å². The summed E-state index contributed by atoms with van der Waals surface area (Å²) in [6.45, 7) is 30.8. The maximum Gasteiger partial charge on any atom is 0.494 e. The Morgan fingerprint density at radius 1 is 0.400 bits per heavy atom. The Hall–Kier alpha value is -4.71. The van der Waals surface area contributed by atoms with Gasteiger partial charge in [0.2, 0.25) is 0 Å². The van der Waals surface area contributed by atoms with Crippen LogP contribution in [0.25, 0.3) is 0 Å². The zero-order valence-corrected chi connectivity index (χ0v) is 62.2. The Balaban J connectivity index is 0.000000179. The zero-order valence-electron chi connectivity index (χ0n) is 54.2. The first-order valence-corrected chi connectivity index (χ1v) is 34.8. The fraction of sp³-hybridized carbons (Fsp3) is 0.351. The molecule has 0 spiro atoms. The van der Waals surface area contributed by atoms with Crippen LogP contribution >= 0.6 is 79.6 Å². The molecule has 3 fully saturated rings. The van der Waals surface area contributed by atoms with E-state index in [0.29, 0.717) is 0 Å². The molecular weight excluding hydrogens is 1450 g/mol. The van der Waals surface area contributed by atoms with E-state index in [0.717, 1.165) is 125 Å². The molecule has 3 aliphatic rings. The van der Waals surface area contributed by atoms with E-state index in [9.17, 15) is 0 Å². The van der Waals surface area contributed by atoms with E-state index >= 15 is 0 Å². The summed E-state index contributed by atoms with van der Waals surface area (Å²) in [6, 6.07) is 66.5. The molecule has 3 heterocycles. The van der Waals surface area contributed by atoms with E-state index in [4.69, 9.17) is 32.8 Å². The average Bonchev–Trinajstić information content (AvgIpc) is 1.66. The molecule has 0 amide bonds. The highest BCUT2D eigenvalue weighted by Crippen LogP contribution is 2.41. The van der Waals surface area contributed by atoms with Crippen LogP contribution in [0.3, 0.4) is 0 Å². The molecule has 8 aromatic carbocycles. The van der Waals surface area contributed by atoms with Crippen molar-refractivity contribution < 1.29 is 32.8 Å². The minimum atomic E-state index is -0.406. The van der Waals surface area contributed by atoms with Gasteiger partial charge in [-0.05, 0) is 248 Å². The molecule has 11 rings (SSSR count). The van der Waals surface area contributed by atoms with Crippen LogP contribution in [0.4, 0.5) is 34.1 Å². The molecule has 0 N–H and O–H groups in total. The second-order valence-corrected chi connectivity index (χ2v) is 30.6. The van der Waals surface area contributed by atoms with Crippen LogP contribution in [-0.4, -0.2) is 63.1 Å². The highest BCUT2D eigenvalue weighted by molar-refractivity contribution is 9.11. The van der Waals surface area contributed by atoms with Gasteiger partial charge in [-0.2, -0.15) is 0 Å². The van der Waals surface area contributed by atoms with E-state index in [2.05, 4.69) is 337 Å². The van der Waals surface area contributed by atoms with Gasteiger partial charge in [0.05, 0.1) is 54.2 Å². The summed E-state index contributed by atoms with van der Waals surface area (Å²) in [6.07, 6.45) is 3.26. The molecule has 3 saturated heterocycles. The summed E-state index contributed by atoms with van der Waals surface area (Å²) in [4.78, 5) is 4.46. The minimum absolute atomic E-state index is 0.257. The Bertz CT molecular complexity index is 3290. The molecule has 90 heavy (non-hydrogen) atoms. The average molecular weight is 1540 g/mol. The van der Waals surface area contributed by atoms with Crippen LogP contribution in [-0.2, 0) is 28.8 Å². The van der Waals surface area contributed by atoms with Gasteiger partial charge in [-0.25, -0.2) is 0 Å². The van der Waals surface area contributed by atoms with Gasteiger partial charge in [0, 0.05) is 56.5 Å². The smallest absolute Gasteiger partial charge is 0.494 e. The quantitative estimate of drug-likeness (QED) is 0.0695. The third-order valence-corrected chi connectivity index (χ3v) is 19.7. The number of ether oxygens (including phenoxy) is 3. The number of halogens is 5. The standard InChI is InChI=1S/C34H45B2NO5.C18H12Br3N.C12H15BrO2.C10H13Br/c1-10-11-24-38-30-22-20-29(21-23-30)37(27-16-12-25(13-17-27)35-39-31(2,3)32(4,5)40-35)28-18-14-26(15-19-28)36-41-33(6,7)34(8,9)42-36;19-13-1-7-16(8-2-13)22(17-9-3-14(20)4-10-17)18-11-5-15(21)6-12-18;1-2-12(7-14-8-12)9-15-11-5-3-10(13)4-6-11;1-10(2,3)8-4-6-9(11)7-5-8/h12-23H,10-11,24H2,1-9H3;1-12H;3-6H,2,7-9H2,1H3;4-7H,1-3H3. The van der Waals surface area contributed by atoms with Gasteiger partial charge in [0.25, 0.3) is 0 Å². The molecule has 16 heteroatoms. The fourth-order valence-corrected chi connectivity index (χ4v) is 11.0. The second kappa shape index (κ2) is 31.0. The molecule has 0 aromatic heterocycles. The lowest BCUT2D eigenvalue weighted by molar-refractivity contribution is -0.133. The van der Waals surface area contributed by atoms with Gasteiger partial charge in [0.15, 0.2) is 0 Å². The molecule has 8 aromatic rings. The van der Waals surface area contributed by atoms with Crippen LogP contribution in [0.1, 0.15) is 115 Å². The Morgan fingerprint density at radius 2 is 0.678 bits per heavy atom. The molecule has 3 aliphatic heterocycles. The van der Waals surface area contributed by atoms with Crippen molar-refractivity contribution in [2.75, 3.05) is 36.2 Å². The fourth-order valence-electron chi connectivity index (χ4n) is 9.71. The molecule has 0 saturated carbocycles. The molecule has 0 aliphatic carbocycles. The van der Waals surface area contributed by atoms with Crippen LogP contribution in [0.15, 0.2) is 216 Å². The summed E-state index contributed by atoms with van der Waals surface area (Å²) in [5.41, 5.74) is 8.78. The van der Waals surface area contributed by atoms with Crippen molar-refractivity contribution in [2.45, 2.75) is 137 Å². The molecule has 9 nitrogen and oxygen atoms in total.